The molecular weight excluding hydrogens is 192 g/mol. The molecule has 0 radical (unpaired) electrons. The highest BCUT2D eigenvalue weighted by Gasteiger charge is 2.02. The lowest BCUT2D eigenvalue weighted by Gasteiger charge is -2.09. The highest BCUT2D eigenvalue weighted by atomic mass is 16.5. The van der Waals surface area contributed by atoms with E-state index in [0.717, 1.165) is 0 Å². The van der Waals surface area contributed by atoms with Crippen molar-refractivity contribution in [2.75, 3.05) is 19.5 Å². The van der Waals surface area contributed by atoms with Gasteiger partial charge >= 0.3 is 0 Å². The summed E-state index contributed by atoms with van der Waals surface area (Å²) in [6.07, 6.45) is 1.19. The minimum atomic E-state index is 0.490. The normalized spacial score (nSPS) is 9.33. The molecule has 1 aromatic carbocycles. The Hall–Kier alpha value is -1.89. The number of nitrogens with two attached hydrogens (primary N) is 1. The van der Waals surface area contributed by atoms with E-state index >= 15 is 0 Å². The van der Waals surface area contributed by atoms with Crippen LogP contribution < -0.4 is 15.2 Å². The number of hydrogen-bond acceptors (Lipinski definition) is 4. The van der Waals surface area contributed by atoms with Crippen LogP contribution in [0.5, 0.6) is 11.5 Å². The maximum atomic E-state index is 8.35. The van der Waals surface area contributed by atoms with Gasteiger partial charge in [-0.1, -0.05) is 0 Å². The standard InChI is InChI=1S/C11H14N2O2/c1-14-9-4-5-10(13)11(8-9)15-7-3-2-6-12/h4-5,8H,2-3,7,13H2,1H3. The molecule has 0 amide bonds. The van der Waals surface area contributed by atoms with E-state index in [0.29, 0.717) is 36.6 Å². The molecule has 0 fully saturated rings. The highest BCUT2D eigenvalue weighted by molar-refractivity contribution is 5.55. The molecule has 0 aliphatic heterocycles. The second-order valence-corrected chi connectivity index (χ2v) is 3.01. The van der Waals surface area contributed by atoms with Gasteiger partial charge in [-0.25, -0.2) is 0 Å². The fraction of sp³-hybridized carbons (Fsp3) is 0.364. The zero-order chi connectivity index (χ0) is 11.1. The topological polar surface area (TPSA) is 68.3 Å². The van der Waals surface area contributed by atoms with Crippen molar-refractivity contribution >= 4 is 5.69 Å². The number of ether oxygens (including phenoxy) is 2. The van der Waals surface area contributed by atoms with Crippen LogP contribution in [0.15, 0.2) is 18.2 Å². The van der Waals surface area contributed by atoms with Crippen molar-refractivity contribution in [3.05, 3.63) is 18.2 Å². The summed E-state index contributed by atoms with van der Waals surface area (Å²) in [4.78, 5) is 0. The molecule has 4 nitrogen and oxygen atoms in total. The van der Waals surface area contributed by atoms with Gasteiger partial charge in [-0.2, -0.15) is 5.26 Å². The molecule has 0 aromatic heterocycles. The predicted molar refractivity (Wildman–Crippen MR) is 57.7 cm³/mol. The zero-order valence-electron chi connectivity index (χ0n) is 8.69. The van der Waals surface area contributed by atoms with Crippen LogP contribution in [-0.2, 0) is 0 Å². The molecule has 0 heterocycles. The SMILES string of the molecule is COc1ccc(N)c(OCCCC#N)c1. The molecule has 15 heavy (non-hydrogen) atoms. The third-order valence-corrected chi connectivity index (χ3v) is 1.91. The van der Waals surface area contributed by atoms with Gasteiger partial charge in [0.25, 0.3) is 0 Å². The Balaban J connectivity index is 2.56. The van der Waals surface area contributed by atoms with Crippen LogP contribution in [0.25, 0.3) is 0 Å². The van der Waals surface area contributed by atoms with Crippen molar-refractivity contribution in [1.29, 1.82) is 5.26 Å². The summed E-state index contributed by atoms with van der Waals surface area (Å²) < 4.78 is 10.5. The van der Waals surface area contributed by atoms with E-state index in [1.54, 1.807) is 25.3 Å². The summed E-state index contributed by atoms with van der Waals surface area (Å²) in [6, 6.07) is 7.30. The Labute approximate surface area is 89.2 Å². The lowest BCUT2D eigenvalue weighted by atomic mass is 10.3. The smallest absolute Gasteiger partial charge is 0.145 e. The van der Waals surface area contributed by atoms with Crippen LogP contribution in [0.4, 0.5) is 5.69 Å². The summed E-state index contributed by atoms with van der Waals surface area (Å²) in [6.45, 7) is 0.491. The first-order valence-electron chi connectivity index (χ1n) is 4.71. The van der Waals surface area contributed by atoms with E-state index in [1.807, 2.05) is 0 Å². The molecule has 4 heteroatoms. The Morgan fingerprint density at radius 3 is 2.93 bits per heavy atom. The molecule has 0 spiro atoms. The van der Waals surface area contributed by atoms with Gasteiger partial charge in [0.05, 0.1) is 25.5 Å². The Bertz CT molecular complexity index is 358. The first kappa shape index (κ1) is 11.2. The average molecular weight is 206 g/mol. The summed E-state index contributed by atoms with van der Waals surface area (Å²) in [5, 5.41) is 8.35. The van der Waals surface area contributed by atoms with Gasteiger partial charge in [-0.15, -0.1) is 0 Å². The number of methoxy groups -OCH3 is 1. The molecule has 0 aliphatic carbocycles. The van der Waals surface area contributed by atoms with Crippen LogP contribution in [0.3, 0.4) is 0 Å². The van der Waals surface area contributed by atoms with Gasteiger partial charge in [-0.05, 0) is 18.6 Å². The summed E-state index contributed by atoms with van der Waals surface area (Å²) in [5.41, 5.74) is 6.29. The fourth-order valence-corrected chi connectivity index (χ4v) is 1.10. The van der Waals surface area contributed by atoms with Crippen molar-refractivity contribution in [3.63, 3.8) is 0 Å². The second kappa shape index (κ2) is 5.76. The van der Waals surface area contributed by atoms with Gasteiger partial charge in [0.2, 0.25) is 0 Å². The number of nitrogen functional groups attached to an aromatic ring is 1. The molecule has 1 aromatic rings. The molecule has 0 aliphatic rings. The number of nitriles is 1. The largest absolute Gasteiger partial charge is 0.497 e. The number of rotatable bonds is 5. The maximum Gasteiger partial charge on any atom is 0.145 e. The Morgan fingerprint density at radius 1 is 1.47 bits per heavy atom. The minimum Gasteiger partial charge on any atom is -0.497 e. The van der Waals surface area contributed by atoms with Gasteiger partial charge in [0.1, 0.15) is 11.5 Å². The fourth-order valence-electron chi connectivity index (χ4n) is 1.10. The number of benzene rings is 1. The van der Waals surface area contributed by atoms with Crippen LogP contribution in [-0.4, -0.2) is 13.7 Å². The Kier molecular flexibility index (Phi) is 4.30. The minimum absolute atomic E-state index is 0.490. The quantitative estimate of drug-likeness (QED) is 0.590. The van der Waals surface area contributed by atoms with Crippen molar-refractivity contribution in [2.24, 2.45) is 0 Å². The number of nitrogens with zero attached hydrogens (tertiary/aromatic N) is 1. The molecule has 0 atom stereocenters. The summed E-state index contributed by atoms with van der Waals surface area (Å²) in [5.74, 6) is 1.31. The molecule has 80 valence electrons. The van der Waals surface area contributed by atoms with E-state index in [1.165, 1.54) is 0 Å². The number of hydrogen-bond donors (Lipinski definition) is 1. The molecule has 0 unspecified atom stereocenters. The summed E-state index contributed by atoms with van der Waals surface area (Å²) >= 11 is 0. The zero-order valence-corrected chi connectivity index (χ0v) is 8.69. The molecular formula is C11H14N2O2. The van der Waals surface area contributed by atoms with E-state index in [2.05, 4.69) is 6.07 Å². The van der Waals surface area contributed by atoms with Gasteiger partial charge in [0.15, 0.2) is 0 Å². The monoisotopic (exact) mass is 206 g/mol. The van der Waals surface area contributed by atoms with Crippen LogP contribution in [0, 0.1) is 11.3 Å². The average Bonchev–Trinajstić information content (AvgIpc) is 2.26. The van der Waals surface area contributed by atoms with Gasteiger partial charge in [0, 0.05) is 12.5 Å². The van der Waals surface area contributed by atoms with Crippen LogP contribution >= 0.6 is 0 Å². The van der Waals surface area contributed by atoms with Crippen LogP contribution in [0.2, 0.25) is 0 Å². The van der Waals surface area contributed by atoms with Gasteiger partial charge < -0.3 is 15.2 Å². The maximum absolute atomic E-state index is 8.35. The third-order valence-electron chi connectivity index (χ3n) is 1.91. The molecule has 0 saturated heterocycles. The van der Waals surface area contributed by atoms with Crippen molar-refractivity contribution in [2.45, 2.75) is 12.8 Å². The first-order chi connectivity index (χ1) is 7.27. The highest BCUT2D eigenvalue weighted by Crippen LogP contribution is 2.26. The van der Waals surface area contributed by atoms with E-state index in [4.69, 9.17) is 20.5 Å². The molecule has 2 N–H and O–H groups in total. The summed E-state index contributed by atoms with van der Waals surface area (Å²) in [7, 11) is 1.59. The lowest BCUT2D eigenvalue weighted by molar-refractivity contribution is 0.312. The molecule has 0 bridgehead atoms. The Morgan fingerprint density at radius 2 is 2.27 bits per heavy atom. The molecule has 0 saturated carbocycles. The van der Waals surface area contributed by atoms with Crippen LogP contribution in [0.1, 0.15) is 12.8 Å². The first-order valence-corrected chi connectivity index (χ1v) is 4.71. The second-order valence-electron chi connectivity index (χ2n) is 3.01. The predicted octanol–water partition coefficient (Wildman–Crippen LogP) is 1.96. The van der Waals surface area contributed by atoms with E-state index in [-0.39, 0.29) is 0 Å². The third kappa shape index (κ3) is 3.39. The van der Waals surface area contributed by atoms with Crippen molar-refractivity contribution < 1.29 is 9.47 Å². The number of unbranched alkanes of at least 4 members (excludes halogenated alkanes) is 1. The number of anilines is 1. The molecule has 1 rings (SSSR count). The van der Waals surface area contributed by atoms with Crippen molar-refractivity contribution in [1.82, 2.24) is 0 Å². The van der Waals surface area contributed by atoms with Gasteiger partial charge in [-0.3, -0.25) is 0 Å². The van der Waals surface area contributed by atoms with E-state index < -0.39 is 0 Å². The van der Waals surface area contributed by atoms with Crippen molar-refractivity contribution in [3.8, 4) is 17.6 Å². The van der Waals surface area contributed by atoms with E-state index in [9.17, 15) is 0 Å². The lowest BCUT2D eigenvalue weighted by Crippen LogP contribution is -2.00.